The molecule has 1 N–H and O–H groups in total. The lowest BCUT2D eigenvalue weighted by Crippen LogP contribution is -2.51. The van der Waals surface area contributed by atoms with E-state index in [0.717, 1.165) is 25.9 Å². The molecular weight excluding hydrogens is 224 g/mol. The van der Waals surface area contributed by atoms with E-state index >= 15 is 0 Å². The molecule has 1 aliphatic rings. The summed E-state index contributed by atoms with van der Waals surface area (Å²) in [6.45, 7) is 8.86. The first-order chi connectivity index (χ1) is 8.54. The van der Waals surface area contributed by atoms with E-state index in [9.17, 15) is 0 Å². The number of nitrogens with zero attached hydrogens (tertiary/aromatic N) is 3. The topological polar surface area (TPSA) is 42.3 Å². The fourth-order valence-electron chi connectivity index (χ4n) is 2.55. The molecule has 1 heterocycles. The molecule has 0 spiro atoms. The summed E-state index contributed by atoms with van der Waals surface area (Å²) < 4.78 is 0. The highest BCUT2D eigenvalue weighted by atomic mass is 15.3. The summed E-state index contributed by atoms with van der Waals surface area (Å²) in [5.74, 6) is 0. The van der Waals surface area contributed by atoms with Crippen LogP contribution in [0.1, 0.15) is 33.1 Å². The maximum atomic E-state index is 9.10. The molecule has 0 amide bonds. The van der Waals surface area contributed by atoms with E-state index in [2.05, 4.69) is 35.2 Å². The Hall–Kier alpha value is -0.630. The average molecular weight is 252 g/mol. The van der Waals surface area contributed by atoms with Crippen molar-refractivity contribution in [3.63, 3.8) is 0 Å². The standard InChI is InChI=1S/C14H28N4/c1-5-13-11-18(10-9-17(13)4)8-6-7-14(2,12-15)16-3/h13,16H,5-11H2,1-4H3. The fourth-order valence-corrected chi connectivity index (χ4v) is 2.55. The predicted molar refractivity (Wildman–Crippen MR) is 75.5 cm³/mol. The SMILES string of the molecule is CCC1CN(CCCC(C)(C#N)NC)CCN1C. The van der Waals surface area contributed by atoms with Crippen molar-refractivity contribution in [1.82, 2.24) is 15.1 Å². The van der Waals surface area contributed by atoms with Gasteiger partial charge in [-0.3, -0.25) is 0 Å². The van der Waals surface area contributed by atoms with Crippen molar-refractivity contribution in [3.8, 4) is 6.07 Å². The van der Waals surface area contributed by atoms with Crippen molar-refractivity contribution >= 4 is 0 Å². The first-order valence-corrected chi connectivity index (χ1v) is 7.07. The van der Waals surface area contributed by atoms with Crippen LogP contribution < -0.4 is 5.32 Å². The summed E-state index contributed by atoms with van der Waals surface area (Å²) >= 11 is 0. The van der Waals surface area contributed by atoms with Gasteiger partial charge in [0.25, 0.3) is 0 Å². The zero-order valence-corrected chi connectivity index (χ0v) is 12.4. The molecular formula is C14H28N4. The van der Waals surface area contributed by atoms with E-state index in [4.69, 9.17) is 5.26 Å². The molecule has 2 atom stereocenters. The average Bonchev–Trinajstić information content (AvgIpc) is 2.40. The van der Waals surface area contributed by atoms with Crippen LogP contribution in [0.25, 0.3) is 0 Å². The number of nitrogens with one attached hydrogen (secondary N) is 1. The molecule has 1 aliphatic heterocycles. The van der Waals surface area contributed by atoms with Crippen LogP contribution in [-0.2, 0) is 0 Å². The third-order valence-electron chi connectivity index (χ3n) is 4.28. The van der Waals surface area contributed by atoms with Gasteiger partial charge in [0, 0.05) is 25.7 Å². The highest BCUT2D eigenvalue weighted by Crippen LogP contribution is 2.14. The number of piperazine rings is 1. The summed E-state index contributed by atoms with van der Waals surface area (Å²) in [6.07, 6.45) is 3.23. The normalized spacial score (nSPS) is 25.6. The Morgan fingerprint density at radius 3 is 2.72 bits per heavy atom. The Balaban J connectivity index is 2.30. The molecule has 104 valence electrons. The van der Waals surface area contributed by atoms with Gasteiger partial charge in [0.15, 0.2) is 0 Å². The van der Waals surface area contributed by atoms with Crippen LogP contribution in [-0.4, -0.2) is 61.7 Å². The maximum absolute atomic E-state index is 9.10. The molecule has 4 nitrogen and oxygen atoms in total. The van der Waals surface area contributed by atoms with Gasteiger partial charge < -0.3 is 15.1 Å². The lowest BCUT2D eigenvalue weighted by Gasteiger charge is -2.39. The molecule has 4 heteroatoms. The van der Waals surface area contributed by atoms with Crippen LogP contribution in [0.4, 0.5) is 0 Å². The summed E-state index contributed by atoms with van der Waals surface area (Å²) in [4.78, 5) is 5.01. The van der Waals surface area contributed by atoms with E-state index in [1.54, 1.807) is 0 Å². The minimum atomic E-state index is -0.364. The van der Waals surface area contributed by atoms with Gasteiger partial charge in [-0.25, -0.2) is 0 Å². The van der Waals surface area contributed by atoms with Crippen molar-refractivity contribution in [1.29, 1.82) is 5.26 Å². The lowest BCUT2D eigenvalue weighted by atomic mass is 9.97. The van der Waals surface area contributed by atoms with Crippen molar-refractivity contribution in [3.05, 3.63) is 0 Å². The first kappa shape index (κ1) is 15.4. The summed E-state index contributed by atoms with van der Waals surface area (Å²) in [6, 6.07) is 3.05. The second kappa shape index (κ2) is 7.08. The monoisotopic (exact) mass is 252 g/mol. The molecule has 0 radical (unpaired) electrons. The Kier molecular flexibility index (Phi) is 6.07. The molecule has 2 unspecified atom stereocenters. The minimum absolute atomic E-state index is 0.364. The summed E-state index contributed by atoms with van der Waals surface area (Å²) in [5.41, 5.74) is -0.364. The highest BCUT2D eigenvalue weighted by Gasteiger charge is 2.24. The largest absolute Gasteiger partial charge is 0.303 e. The van der Waals surface area contributed by atoms with Gasteiger partial charge in [0.2, 0.25) is 0 Å². The molecule has 1 rings (SSSR count). The van der Waals surface area contributed by atoms with Crippen molar-refractivity contribution in [2.75, 3.05) is 40.3 Å². The maximum Gasteiger partial charge on any atom is 0.103 e. The molecule has 0 aromatic rings. The fraction of sp³-hybridized carbons (Fsp3) is 0.929. The number of hydrogen-bond donors (Lipinski definition) is 1. The number of nitriles is 1. The first-order valence-electron chi connectivity index (χ1n) is 7.07. The quantitative estimate of drug-likeness (QED) is 0.773. The van der Waals surface area contributed by atoms with Crippen LogP contribution in [0.5, 0.6) is 0 Å². The van der Waals surface area contributed by atoms with Gasteiger partial charge in [-0.1, -0.05) is 6.92 Å². The number of rotatable bonds is 6. The van der Waals surface area contributed by atoms with Crippen LogP contribution >= 0.6 is 0 Å². The van der Waals surface area contributed by atoms with Crippen LogP contribution in [0.15, 0.2) is 0 Å². The zero-order chi connectivity index (χ0) is 13.6. The molecule has 0 bridgehead atoms. The van der Waals surface area contributed by atoms with Crippen molar-refractivity contribution in [2.45, 2.75) is 44.7 Å². The van der Waals surface area contributed by atoms with E-state index in [1.807, 2.05) is 14.0 Å². The lowest BCUT2D eigenvalue weighted by molar-refractivity contribution is 0.0910. The smallest absolute Gasteiger partial charge is 0.103 e. The highest BCUT2D eigenvalue weighted by molar-refractivity contribution is 5.02. The zero-order valence-electron chi connectivity index (χ0n) is 12.4. The Labute approximate surface area is 112 Å². The van der Waals surface area contributed by atoms with Gasteiger partial charge in [-0.05, 0) is 46.8 Å². The second-order valence-corrected chi connectivity index (χ2v) is 5.64. The minimum Gasteiger partial charge on any atom is -0.303 e. The second-order valence-electron chi connectivity index (χ2n) is 5.64. The van der Waals surface area contributed by atoms with Crippen LogP contribution in [0.3, 0.4) is 0 Å². The Morgan fingerprint density at radius 1 is 1.44 bits per heavy atom. The van der Waals surface area contributed by atoms with Crippen molar-refractivity contribution < 1.29 is 0 Å². The molecule has 0 aromatic carbocycles. The van der Waals surface area contributed by atoms with Crippen LogP contribution in [0, 0.1) is 11.3 Å². The number of hydrogen-bond acceptors (Lipinski definition) is 4. The van der Waals surface area contributed by atoms with Crippen molar-refractivity contribution in [2.24, 2.45) is 0 Å². The molecule has 0 saturated carbocycles. The van der Waals surface area contributed by atoms with Gasteiger partial charge in [-0.15, -0.1) is 0 Å². The molecule has 18 heavy (non-hydrogen) atoms. The molecule has 0 aliphatic carbocycles. The van der Waals surface area contributed by atoms with E-state index in [0.29, 0.717) is 6.04 Å². The summed E-state index contributed by atoms with van der Waals surface area (Å²) in [5, 5.41) is 12.2. The molecule has 1 fully saturated rings. The van der Waals surface area contributed by atoms with E-state index < -0.39 is 0 Å². The van der Waals surface area contributed by atoms with Gasteiger partial charge in [-0.2, -0.15) is 5.26 Å². The van der Waals surface area contributed by atoms with Gasteiger partial charge in [0.1, 0.15) is 5.54 Å². The summed E-state index contributed by atoms with van der Waals surface area (Å²) in [7, 11) is 4.09. The third-order valence-corrected chi connectivity index (χ3v) is 4.28. The Morgan fingerprint density at radius 2 is 2.17 bits per heavy atom. The number of likely N-dealkylation sites (N-methyl/N-ethyl adjacent to an activating group) is 1. The Bertz CT molecular complexity index is 286. The van der Waals surface area contributed by atoms with Gasteiger partial charge >= 0.3 is 0 Å². The van der Waals surface area contributed by atoms with E-state index in [-0.39, 0.29) is 5.54 Å². The van der Waals surface area contributed by atoms with Gasteiger partial charge in [0.05, 0.1) is 6.07 Å². The molecule has 0 aromatic heterocycles. The van der Waals surface area contributed by atoms with Crippen LogP contribution in [0.2, 0.25) is 0 Å². The predicted octanol–water partition coefficient (Wildman–Crippen LogP) is 1.29. The molecule has 1 saturated heterocycles. The van der Waals surface area contributed by atoms with E-state index in [1.165, 1.54) is 19.5 Å². The third kappa shape index (κ3) is 4.24.